The van der Waals surface area contributed by atoms with E-state index in [1.165, 1.54) is 12.1 Å². The molecule has 1 aliphatic rings. The number of aliphatic imine (C=N–C) groups is 1. The normalized spacial score (nSPS) is 17.4. The lowest BCUT2D eigenvalue weighted by molar-refractivity contribution is 0.415. The molecule has 0 bridgehead atoms. The van der Waals surface area contributed by atoms with Crippen LogP contribution in [0.5, 0.6) is 5.75 Å². The molecule has 1 unspecified atom stereocenters. The van der Waals surface area contributed by atoms with Crippen LogP contribution in [0.4, 0.5) is 5.69 Å². The van der Waals surface area contributed by atoms with Gasteiger partial charge in [-0.15, -0.1) is 24.0 Å². The molecule has 6 heteroatoms. The highest BCUT2D eigenvalue weighted by molar-refractivity contribution is 14.0. The average molecular weight is 446 g/mol. The van der Waals surface area contributed by atoms with Gasteiger partial charge in [0.25, 0.3) is 0 Å². The monoisotopic (exact) mass is 446 g/mol. The standard InChI is InChI=1S/C18H30N4O.HI/c1-4-6-12-20-18(19-5-2)21-15-11-13-22(14-15)16-9-7-8-10-17(16)23-3;/h7-10,15H,4-6,11-14H2,1-3H3,(H2,19,20,21);1H. The molecule has 2 N–H and O–H groups in total. The van der Waals surface area contributed by atoms with Crippen LogP contribution < -0.4 is 20.3 Å². The molecule has 24 heavy (non-hydrogen) atoms. The third-order valence-corrected chi connectivity index (χ3v) is 4.08. The van der Waals surface area contributed by atoms with Crippen molar-refractivity contribution in [3.63, 3.8) is 0 Å². The lowest BCUT2D eigenvalue weighted by atomic mass is 10.2. The predicted octanol–water partition coefficient (Wildman–Crippen LogP) is 3.25. The van der Waals surface area contributed by atoms with Gasteiger partial charge >= 0.3 is 0 Å². The van der Waals surface area contributed by atoms with Gasteiger partial charge in [-0.2, -0.15) is 0 Å². The van der Waals surface area contributed by atoms with Gasteiger partial charge in [-0.05, 0) is 31.9 Å². The van der Waals surface area contributed by atoms with Gasteiger partial charge in [-0.1, -0.05) is 25.5 Å². The second-order valence-electron chi connectivity index (χ2n) is 5.86. The fourth-order valence-electron chi connectivity index (χ4n) is 2.85. The van der Waals surface area contributed by atoms with Crippen molar-refractivity contribution in [2.24, 2.45) is 4.99 Å². The summed E-state index contributed by atoms with van der Waals surface area (Å²) in [5.74, 6) is 1.88. The summed E-state index contributed by atoms with van der Waals surface area (Å²) in [6.45, 7) is 8.07. The number of halogens is 1. The van der Waals surface area contributed by atoms with E-state index in [1.807, 2.05) is 12.1 Å². The largest absolute Gasteiger partial charge is 0.495 e. The first-order valence-corrected chi connectivity index (χ1v) is 8.71. The minimum Gasteiger partial charge on any atom is -0.495 e. The van der Waals surface area contributed by atoms with Crippen molar-refractivity contribution >= 4 is 35.6 Å². The van der Waals surface area contributed by atoms with Gasteiger partial charge in [0.15, 0.2) is 5.96 Å². The van der Waals surface area contributed by atoms with Crippen LogP contribution in [0.2, 0.25) is 0 Å². The Kier molecular flexibility index (Phi) is 9.90. The quantitative estimate of drug-likeness (QED) is 0.292. The van der Waals surface area contributed by atoms with Crippen molar-refractivity contribution < 1.29 is 4.74 Å². The zero-order chi connectivity index (χ0) is 16.5. The Morgan fingerprint density at radius 3 is 2.83 bits per heavy atom. The second kappa shape index (κ2) is 11.4. The van der Waals surface area contributed by atoms with Crippen LogP contribution >= 0.6 is 24.0 Å². The maximum absolute atomic E-state index is 5.48. The van der Waals surface area contributed by atoms with Crippen LogP contribution in [0.3, 0.4) is 0 Å². The molecule has 0 aliphatic carbocycles. The molecule has 0 aromatic heterocycles. The molecular weight excluding hydrogens is 415 g/mol. The molecule has 5 nitrogen and oxygen atoms in total. The number of hydrogen-bond acceptors (Lipinski definition) is 3. The van der Waals surface area contributed by atoms with Crippen LogP contribution in [0.1, 0.15) is 33.1 Å². The minimum absolute atomic E-state index is 0. The number of ether oxygens (including phenoxy) is 1. The van der Waals surface area contributed by atoms with E-state index in [1.54, 1.807) is 7.11 Å². The summed E-state index contributed by atoms with van der Waals surface area (Å²) in [6, 6.07) is 8.64. The van der Waals surface area contributed by atoms with Crippen molar-refractivity contribution in [1.29, 1.82) is 0 Å². The van der Waals surface area contributed by atoms with Gasteiger partial charge in [0.1, 0.15) is 5.75 Å². The third-order valence-electron chi connectivity index (χ3n) is 4.08. The van der Waals surface area contributed by atoms with E-state index in [-0.39, 0.29) is 24.0 Å². The molecule has 0 saturated carbocycles. The lowest BCUT2D eigenvalue weighted by Gasteiger charge is -2.22. The summed E-state index contributed by atoms with van der Waals surface area (Å²) < 4.78 is 5.48. The highest BCUT2D eigenvalue weighted by Gasteiger charge is 2.25. The van der Waals surface area contributed by atoms with Gasteiger partial charge in [-0.25, -0.2) is 0 Å². The Labute approximate surface area is 163 Å². The zero-order valence-corrected chi connectivity index (χ0v) is 17.4. The first kappa shape index (κ1) is 20.9. The second-order valence-corrected chi connectivity index (χ2v) is 5.86. The van der Waals surface area contributed by atoms with E-state index in [2.05, 4.69) is 46.5 Å². The fraction of sp³-hybridized carbons (Fsp3) is 0.611. The molecule has 0 spiro atoms. The van der Waals surface area contributed by atoms with E-state index in [0.717, 1.165) is 50.7 Å². The summed E-state index contributed by atoms with van der Waals surface area (Å²) in [6.07, 6.45) is 3.42. The van der Waals surface area contributed by atoms with Gasteiger partial charge in [-0.3, -0.25) is 4.99 Å². The smallest absolute Gasteiger partial charge is 0.191 e. The summed E-state index contributed by atoms with van der Waals surface area (Å²) in [7, 11) is 1.73. The average Bonchev–Trinajstić information content (AvgIpc) is 3.03. The molecule has 1 fully saturated rings. The Balaban J connectivity index is 0.00000288. The molecule has 1 aromatic rings. The molecule has 1 atom stereocenters. The van der Waals surface area contributed by atoms with Gasteiger partial charge in [0.2, 0.25) is 0 Å². The lowest BCUT2D eigenvalue weighted by Crippen LogP contribution is -2.44. The summed E-state index contributed by atoms with van der Waals surface area (Å²) in [5.41, 5.74) is 1.17. The third kappa shape index (κ3) is 6.03. The highest BCUT2D eigenvalue weighted by Crippen LogP contribution is 2.30. The zero-order valence-electron chi connectivity index (χ0n) is 15.0. The van der Waals surface area contributed by atoms with Crippen molar-refractivity contribution in [3.05, 3.63) is 24.3 Å². The van der Waals surface area contributed by atoms with E-state index < -0.39 is 0 Å². The molecular formula is C18H31IN4O. The van der Waals surface area contributed by atoms with E-state index in [0.29, 0.717) is 6.04 Å². The predicted molar refractivity (Wildman–Crippen MR) is 113 cm³/mol. The van der Waals surface area contributed by atoms with Gasteiger partial charge in [0, 0.05) is 32.2 Å². The van der Waals surface area contributed by atoms with Crippen molar-refractivity contribution in [1.82, 2.24) is 10.6 Å². The van der Waals surface area contributed by atoms with Crippen LogP contribution in [-0.2, 0) is 0 Å². The molecule has 1 heterocycles. The number of hydrogen-bond donors (Lipinski definition) is 2. The number of rotatable bonds is 7. The number of anilines is 1. The SMILES string of the molecule is CCCCN=C(NCC)NC1CCN(c2ccccc2OC)C1.I. The van der Waals surface area contributed by atoms with Crippen LogP contribution in [0.15, 0.2) is 29.3 Å². The topological polar surface area (TPSA) is 48.9 Å². The molecule has 2 rings (SSSR count). The Hall–Kier alpha value is -1.18. The number of para-hydroxylation sites is 2. The molecule has 0 amide bonds. The molecule has 0 radical (unpaired) electrons. The van der Waals surface area contributed by atoms with Crippen molar-refractivity contribution in [2.75, 3.05) is 38.2 Å². The first-order chi connectivity index (χ1) is 11.3. The van der Waals surface area contributed by atoms with Crippen molar-refractivity contribution in [3.8, 4) is 5.75 Å². The summed E-state index contributed by atoms with van der Waals surface area (Å²) >= 11 is 0. The fourth-order valence-corrected chi connectivity index (χ4v) is 2.85. The number of methoxy groups -OCH3 is 1. The van der Waals surface area contributed by atoms with E-state index in [9.17, 15) is 0 Å². The maximum Gasteiger partial charge on any atom is 0.191 e. The van der Waals surface area contributed by atoms with Gasteiger partial charge in [0.05, 0.1) is 12.8 Å². The van der Waals surface area contributed by atoms with Crippen molar-refractivity contribution in [2.45, 2.75) is 39.2 Å². The van der Waals surface area contributed by atoms with E-state index >= 15 is 0 Å². The van der Waals surface area contributed by atoms with Crippen LogP contribution in [0, 0.1) is 0 Å². The van der Waals surface area contributed by atoms with Gasteiger partial charge < -0.3 is 20.3 Å². The Morgan fingerprint density at radius 1 is 1.33 bits per heavy atom. The molecule has 1 saturated heterocycles. The number of benzene rings is 1. The molecule has 1 aliphatic heterocycles. The van der Waals surface area contributed by atoms with Crippen LogP contribution in [-0.4, -0.2) is 45.3 Å². The first-order valence-electron chi connectivity index (χ1n) is 8.71. The minimum atomic E-state index is 0. The maximum atomic E-state index is 5.48. The van der Waals surface area contributed by atoms with E-state index in [4.69, 9.17) is 4.74 Å². The summed E-state index contributed by atoms with van der Waals surface area (Å²) in [5, 5.41) is 6.91. The highest BCUT2D eigenvalue weighted by atomic mass is 127. The molecule has 136 valence electrons. The number of unbranched alkanes of at least 4 members (excludes halogenated alkanes) is 1. The number of nitrogens with zero attached hydrogens (tertiary/aromatic N) is 2. The number of guanidine groups is 1. The Morgan fingerprint density at radius 2 is 2.12 bits per heavy atom. The summed E-state index contributed by atoms with van der Waals surface area (Å²) in [4.78, 5) is 7.03. The molecule has 1 aromatic carbocycles. The Bertz CT molecular complexity index is 510. The number of nitrogens with one attached hydrogen (secondary N) is 2. The van der Waals surface area contributed by atoms with Crippen LogP contribution in [0.25, 0.3) is 0 Å².